The van der Waals surface area contributed by atoms with E-state index in [4.69, 9.17) is 10.00 Å². The number of nitrogens with one attached hydrogen (secondary N) is 1. The zero-order valence-corrected chi connectivity index (χ0v) is 8.89. The van der Waals surface area contributed by atoms with Crippen molar-refractivity contribution in [2.75, 3.05) is 26.3 Å². The highest BCUT2D eigenvalue weighted by Crippen LogP contribution is 2.25. The van der Waals surface area contributed by atoms with Crippen LogP contribution >= 0.6 is 0 Å². The lowest BCUT2D eigenvalue weighted by Crippen LogP contribution is -2.36. The summed E-state index contributed by atoms with van der Waals surface area (Å²) >= 11 is 0. The summed E-state index contributed by atoms with van der Waals surface area (Å²) in [6.07, 6.45) is -2.52. The number of rotatable bonds is 4. The largest absolute Gasteiger partial charge is 0.405 e. The van der Waals surface area contributed by atoms with E-state index in [2.05, 4.69) is 5.32 Å². The van der Waals surface area contributed by atoms with Crippen LogP contribution in [0.4, 0.5) is 13.2 Å². The zero-order valence-electron chi connectivity index (χ0n) is 8.89. The number of hydrogen-bond donors (Lipinski definition) is 1. The summed E-state index contributed by atoms with van der Waals surface area (Å²) in [5, 5.41) is 11.1. The Bertz CT molecular complexity index is 243. The molecule has 0 aromatic heterocycles. The second kappa shape index (κ2) is 6.06. The molecule has 1 rings (SSSR count). The molecular weight excluding hydrogens is 221 g/mol. The van der Waals surface area contributed by atoms with E-state index < -0.39 is 12.1 Å². The second-order valence-electron chi connectivity index (χ2n) is 3.96. The normalized spacial score (nSPS) is 23.8. The summed E-state index contributed by atoms with van der Waals surface area (Å²) < 4.78 is 41.8. The third-order valence-corrected chi connectivity index (χ3v) is 2.59. The predicted octanol–water partition coefficient (Wildman–Crippen LogP) is 1.70. The van der Waals surface area contributed by atoms with Crippen LogP contribution in [0.2, 0.25) is 0 Å². The highest BCUT2D eigenvalue weighted by Gasteiger charge is 2.39. The average Bonchev–Trinajstić information content (AvgIpc) is 2.24. The summed E-state index contributed by atoms with van der Waals surface area (Å²) in [4.78, 5) is 0. The van der Waals surface area contributed by atoms with Crippen LogP contribution < -0.4 is 5.32 Å². The fraction of sp³-hybridized carbons (Fsp3) is 0.900. The van der Waals surface area contributed by atoms with Crippen molar-refractivity contribution in [2.24, 2.45) is 11.8 Å². The molecule has 0 amide bonds. The molecule has 1 N–H and O–H groups in total. The lowest BCUT2D eigenvalue weighted by molar-refractivity contribution is -0.157. The van der Waals surface area contributed by atoms with Crippen LogP contribution in [0.3, 0.4) is 0 Å². The molecule has 0 aromatic rings. The Kier molecular flexibility index (Phi) is 5.03. The minimum absolute atomic E-state index is 0.265. The van der Waals surface area contributed by atoms with Gasteiger partial charge in [-0.2, -0.15) is 18.4 Å². The minimum Gasteiger partial charge on any atom is -0.381 e. The fourth-order valence-electron chi connectivity index (χ4n) is 1.63. The van der Waals surface area contributed by atoms with E-state index in [1.165, 1.54) is 6.07 Å². The monoisotopic (exact) mass is 236 g/mol. The molecule has 0 spiro atoms. The zero-order chi connectivity index (χ0) is 12.0. The molecule has 0 saturated carbocycles. The van der Waals surface area contributed by atoms with Crippen molar-refractivity contribution in [3.05, 3.63) is 0 Å². The van der Waals surface area contributed by atoms with Crippen molar-refractivity contribution >= 4 is 0 Å². The first-order chi connectivity index (χ1) is 7.54. The summed E-state index contributed by atoms with van der Waals surface area (Å²) in [5.74, 6) is -1.65. The minimum atomic E-state index is -4.44. The van der Waals surface area contributed by atoms with Gasteiger partial charge in [-0.15, -0.1) is 0 Å². The first-order valence-electron chi connectivity index (χ1n) is 5.29. The highest BCUT2D eigenvalue weighted by molar-refractivity contribution is 4.90. The van der Waals surface area contributed by atoms with Gasteiger partial charge in [-0.1, -0.05) is 0 Å². The van der Waals surface area contributed by atoms with Crippen molar-refractivity contribution in [3.63, 3.8) is 0 Å². The van der Waals surface area contributed by atoms with Gasteiger partial charge in [0.2, 0.25) is 0 Å². The molecule has 6 heteroatoms. The van der Waals surface area contributed by atoms with Crippen LogP contribution in [0.25, 0.3) is 0 Å². The molecule has 0 radical (unpaired) electrons. The van der Waals surface area contributed by atoms with Gasteiger partial charge in [0.25, 0.3) is 0 Å². The van der Waals surface area contributed by atoms with E-state index in [1.807, 2.05) is 0 Å². The summed E-state index contributed by atoms with van der Waals surface area (Å²) in [7, 11) is 0. The molecule has 1 aliphatic heterocycles. The number of alkyl halides is 3. The second-order valence-corrected chi connectivity index (χ2v) is 3.96. The summed E-state index contributed by atoms with van der Waals surface area (Å²) in [6, 6.07) is 1.26. The van der Waals surface area contributed by atoms with Crippen LogP contribution in [-0.4, -0.2) is 32.5 Å². The standard InChI is InChI=1S/C10H15F3N2O/c11-10(12,13)9(4-14)6-15-5-8-2-1-3-16-7-8/h8-9,15H,1-3,5-7H2. The molecule has 2 atom stereocenters. The number of nitrogens with zero attached hydrogens (tertiary/aromatic N) is 1. The molecule has 92 valence electrons. The Morgan fingerprint density at radius 3 is 2.75 bits per heavy atom. The molecule has 0 aliphatic carbocycles. The van der Waals surface area contributed by atoms with E-state index >= 15 is 0 Å². The molecule has 1 fully saturated rings. The van der Waals surface area contributed by atoms with Crippen molar-refractivity contribution < 1.29 is 17.9 Å². The molecule has 2 unspecified atom stereocenters. The van der Waals surface area contributed by atoms with E-state index in [1.54, 1.807) is 0 Å². The Balaban J connectivity index is 2.21. The maximum absolute atomic E-state index is 12.2. The summed E-state index contributed by atoms with van der Waals surface area (Å²) in [6.45, 7) is 1.47. The third-order valence-electron chi connectivity index (χ3n) is 2.59. The van der Waals surface area contributed by atoms with Crippen LogP contribution in [-0.2, 0) is 4.74 Å². The maximum Gasteiger partial charge on any atom is 0.405 e. The first kappa shape index (κ1) is 13.3. The van der Waals surface area contributed by atoms with E-state index in [0.29, 0.717) is 13.2 Å². The average molecular weight is 236 g/mol. The first-order valence-corrected chi connectivity index (χ1v) is 5.29. The van der Waals surface area contributed by atoms with Gasteiger partial charge in [0.05, 0.1) is 12.7 Å². The number of halogens is 3. The lowest BCUT2D eigenvalue weighted by atomic mass is 10.0. The van der Waals surface area contributed by atoms with Gasteiger partial charge in [0.1, 0.15) is 0 Å². The predicted molar refractivity (Wildman–Crippen MR) is 51.6 cm³/mol. The molecule has 1 heterocycles. The van der Waals surface area contributed by atoms with Gasteiger partial charge >= 0.3 is 6.18 Å². The summed E-state index contributed by atoms with van der Waals surface area (Å²) in [5.41, 5.74) is 0. The third kappa shape index (κ3) is 4.37. The molecule has 16 heavy (non-hydrogen) atoms. The van der Waals surface area contributed by atoms with Crippen molar-refractivity contribution in [1.29, 1.82) is 5.26 Å². The molecular formula is C10H15F3N2O. The van der Waals surface area contributed by atoms with Gasteiger partial charge in [-0.3, -0.25) is 0 Å². The van der Waals surface area contributed by atoms with Crippen molar-refractivity contribution in [1.82, 2.24) is 5.32 Å². The number of hydrogen-bond acceptors (Lipinski definition) is 3. The quantitative estimate of drug-likeness (QED) is 0.808. The fourth-order valence-corrected chi connectivity index (χ4v) is 1.63. The Morgan fingerprint density at radius 2 is 2.25 bits per heavy atom. The number of nitriles is 1. The molecule has 1 saturated heterocycles. The molecule has 1 aliphatic rings. The van der Waals surface area contributed by atoms with Gasteiger partial charge in [-0.05, 0) is 18.8 Å². The maximum atomic E-state index is 12.2. The van der Waals surface area contributed by atoms with Crippen LogP contribution in [0.1, 0.15) is 12.8 Å². The lowest BCUT2D eigenvalue weighted by Gasteiger charge is -2.23. The molecule has 0 aromatic carbocycles. The van der Waals surface area contributed by atoms with Crippen LogP contribution in [0.15, 0.2) is 0 Å². The SMILES string of the molecule is N#CC(CNCC1CCCOC1)C(F)(F)F. The molecule has 0 bridgehead atoms. The highest BCUT2D eigenvalue weighted by atomic mass is 19.4. The Morgan fingerprint density at radius 1 is 1.50 bits per heavy atom. The Hall–Kier alpha value is -0.800. The van der Waals surface area contributed by atoms with Gasteiger partial charge in [0, 0.05) is 19.7 Å². The van der Waals surface area contributed by atoms with Crippen LogP contribution in [0.5, 0.6) is 0 Å². The van der Waals surface area contributed by atoms with Gasteiger partial charge < -0.3 is 10.1 Å². The van der Waals surface area contributed by atoms with Gasteiger partial charge in [0.15, 0.2) is 5.92 Å². The van der Waals surface area contributed by atoms with Gasteiger partial charge in [-0.25, -0.2) is 0 Å². The smallest absolute Gasteiger partial charge is 0.381 e. The van der Waals surface area contributed by atoms with E-state index in [-0.39, 0.29) is 12.5 Å². The van der Waals surface area contributed by atoms with Crippen LogP contribution in [0, 0.1) is 23.2 Å². The van der Waals surface area contributed by atoms with E-state index in [9.17, 15) is 13.2 Å². The van der Waals surface area contributed by atoms with Crippen molar-refractivity contribution in [3.8, 4) is 6.07 Å². The topological polar surface area (TPSA) is 45.0 Å². The Labute approximate surface area is 92.6 Å². The van der Waals surface area contributed by atoms with Crippen molar-refractivity contribution in [2.45, 2.75) is 19.0 Å². The molecule has 3 nitrogen and oxygen atoms in total. The van der Waals surface area contributed by atoms with E-state index in [0.717, 1.165) is 19.4 Å². The number of ether oxygens (including phenoxy) is 1.